The summed E-state index contributed by atoms with van der Waals surface area (Å²) >= 11 is 0. The van der Waals surface area contributed by atoms with Gasteiger partial charge in [-0.25, -0.2) is 0 Å². The molecule has 0 spiro atoms. The highest BCUT2D eigenvalue weighted by molar-refractivity contribution is 5.86. The fourth-order valence-electron chi connectivity index (χ4n) is 3.93. The number of phenols is 1. The maximum absolute atomic E-state index is 10.7. The van der Waals surface area contributed by atoms with Crippen molar-refractivity contribution < 1.29 is 5.11 Å². The Kier molecular flexibility index (Phi) is 3.39. The molecule has 1 aliphatic carbocycles. The first kappa shape index (κ1) is 15.0. The van der Waals surface area contributed by atoms with Crippen LogP contribution in [0.3, 0.4) is 0 Å². The Morgan fingerprint density at radius 2 is 1.15 bits per heavy atom. The average Bonchev–Trinajstić information content (AvgIpc) is 3.07. The van der Waals surface area contributed by atoms with E-state index in [4.69, 9.17) is 0 Å². The van der Waals surface area contributed by atoms with Gasteiger partial charge in [-0.2, -0.15) is 0 Å². The van der Waals surface area contributed by atoms with Crippen LogP contribution in [0.25, 0.3) is 33.4 Å². The normalized spacial score (nSPS) is 11.8. The summed E-state index contributed by atoms with van der Waals surface area (Å²) < 4.78 is 0. The minimum atomic E-state index is 0.368. The van der Waals surface area contributed by atoms with Crippen LogP contribution in [0.5, 0.6) is 5.75 Å². The van der Waals surface area contributed by atoms with Crippen LogP contribution in [0, 0.1) is 0 Å². The summed E-state index contributed by atoms with van der Waals surface area (Å²) in [7, 11) is 0. The number of fused-ring (bicyclic) bond motifs is 3. The van der Waals surface area contributed by atoms with Crippen LogP contribution in [-0.4, -0.2) is 5.11 Å². The molecule has 0 saturated carbocycles. The largest absolute Gasteiger partial charge is 0.507 e. The van der Waals surface area contributed by atoms with Crippen molar-refractivity contribution >= 4 is 0 Å². The first-order valence-corrected chi connectivity index (χ1v) is 8.89. The van der Waals surface area contributed by atoms with Gasteiger partial charge in [0.15, 0.2) is 0 Å². The lowest BCUT2D eigenvalue weighted by Gasteiger charge is -2.09. The van der Waals surface area contributed by atoms with Gasteiger partial charge >= 0.3 is 0 Å². The van der Waals surface area contributed by atoms with E-state index in [-0.39, 0.29) is 0 Å². The molecular formula is C25H18O. The smallest absolute Gasteiger partial charge is 0.124 e. The van der Waals surface area contributed by atoms with E-state index in [2.05, 4.69) is 60.7 Å². The van der Waals surface area contributed by atoms with Crippen LogP contribution >= 0.6 is 0 Å². The molecule has 0 saturated heterocycles. The van der Waals surface area contributed by atoms with E-state index in [1.807, 2.05) is 30.3 Å². The van der Waals surface area contributed by atoms with Gasteiger partial charge < -0.3 is 5.11 Å². The molecule has 0 radical (unpaired) electrons. The second kappa shape index (κ2) is 5.89. The van der Waals surface area contributed by atoms with Crippen LogP contribution in [0.2, 0.25) is 0 Å². The van der Waals surface area contributed by atoms with Gasteiger partial charge in [0.25, 0.3) is 0 Å². The monoisotopic (exact) mass is 334 g/mol. The third kappa shape index (κ3) is 2.41. The Morgan fingerprint density at radius 3 is 1.85 bits per heavy atom. The molecule has 124 valence electrons. The lowest BCUT2D eigenvalue weighted by Crippen LogP contribution is -1.85. The van der Waals surface area contributed by atoms with Crippen LogP contribution < -0.4 is 0 Å². The molecule has 0 heterocycles. The molecule has 1 heteroatoms. The van der Waals surface area contributed by atoms with E-state index >= 15 is 0 Å². The summed E-state index contributed by atoms with van der Waals surface area (Å²) in [4.78, 5) is 0. The highest BCUT2D eigenvalue weighted by Crippen LogP contribution is 2.45. The third-order valence-corrected chi connectivity index (χ3v) is 5.17. The highest BCUT2D eigenvalue weighted by atomic mass is 16.3. The molecule has 0 amide bonds. The molecular weight excluding hydrogens is 316 g/mol. The van der Waals surface area contributed by atoms with Gasteiger partial charge in [-0.1, -0.05) is 78.9 Å². The number of hydrogen-bond donors (Lipinski definition) is 1. The minimum absolute atomic E-state index is 0.368. The molecule has 0 fully saturated rings. The van der Waals surface area contributed by atoms with Crippen LogP contribution in [0.4, 0.5) is 0 Å². The summed E-state index contributed by atoms with van der Waals surface area (Å²) in [5.74, 6) is 0.368. The second-order valence-electron chi connectivity index (χ2n) is 6.81. The Morgan fingerprint density at radius 1 is 0.538 bits per heavy atom. The van der Waals surface area contributed by atoms with Gasteiger partial charge in [-0.3, -0.25) is 0 Å². The fourth-order valence-corrected chi connectivity index (χ4v) is 3.93. The maximum atomic E-state index is 10.7. The first-order valence-electron chi connectivity index (χ1n) is 8.89. The summed E-state index contributed by atoms with van der Waals surface area (Å²) in [6.45, 7) is 0. The number of aromatic hydroxyl groups is 1. The Labute approximate surface area is 153 Å². The Bertz CT molecular complexity index is 1100. The van der Waals surface area contributed by atoms with Crippen molar-refractivity contribution in [3.8, 4) is 39.1 Å². The lowest BCUT2D eigenvalue weighted by atomic mass is 9.97. The predicted octanol–water partition coefficient (Wildman–Crippen LogP) is 6.30. The SMILES string of the molecule is Oc1cc(-c2ccccc2)cc2c1-c1ccc(-c3ccccc3)cc1C2. The Balaban J connectivity index is 1.60. The van der Waals surface area contributed by atoms with E-state index in [9.17, 15) is 5.11 Å². The molecule has 4 aromatic rings. The molecule has 1 nitrogen and oxygen atoms in total. The van der Waals surface area contributed by atoms with Crippen LogP contribution in [-0.2, 0) is 6.42 Å². The van der Waals surface area contributed by atoms with Crippen molar-refractivity contribution in [3.63, 3.8) is 0 Å². The van der Waals surface area contributed by atoms with Crippen molar-refractivity contribution in [3.05, 3.63) is 102 Å². The van der Waals surface area contributed by atoms with E-state index < -0.39 is 0 Å². The van der Waals surface area contributed by atoms with E-state index in [0.29, 0.717) is 5.75 Å². The van der Waals surface area contributed by atoms with Crippen LogP contribution in [0.1, 0.15) is 11.1 Å². The lowest BCUT2D eigenvalue weighted by molar-refractivity contribution is 0.477. The zero-order valence-corrected chi connectivity index (χ0v) is 14.3. The maximum Gasteiger partial charge on any atom is 0.124 e. The summed E-state index contributed by atoms with van der Waals surface area (Å²) in [5, 5.41) is 10.7. The fraction of sp³-hybridized carbons (Fsp3) is 0.0400. The predicted molar refractivity (Wildman–Crippen MR) is 107 cm³/mol. The summed E-state index contributed by atoms with van der Waals surface area (Å²) in [5.41, 5.74) is 9.26. The number of phenolic OH excluding ortho intramolecular Hbond substituents is 1. The molecule has 26 heavy (non-hydrogen) atoms. The zero-order valence-electron chi connectivity index (χ0n) is 14.3. The topological polar surface area (TPSA) is 20.2 Å². The van der Waals surface area contributed by atoms with E-state index in [1.165, 1.54) is 22.3 Å². The van der Waals surface area contributed by atoms with Gasteiger partial charge in [-0.15, -0.1) is 0 Å². The molecule has 0 aliphatic heterocycles. The number of benzene rings is 4. The first-order chi connectivity index (χ1) is 12.8. The molecule has 1 N–H and O–H groups in total. The van der Waals surface area contributed by atoms with Crippen molar-refractivity contribution in [1.29, 1.82) is 0 Å². The van der Waals surface area contributed by atoms with Crippen molar-refractivity contribution in [2.24, 2.45) is 0 Å². The third-order valence-electron chi connectivity index (χ3n) is 5.17. The molecule has 1 aliphatic rings. The van der Waals surface area contributed by atoms with Gasteiger partial charge in [0.1, 0.15) is 5.75 Å². The molecule has 0 aromatic heterocycles. The summed E-state index contributed by atoms with van der Waals surface area (Å²) in [6.07, 6.45) is 0.861. The van der Waals surface area contributed by atoms with E-state index in [1.54, 1.807) is 0 Å². The molecule has 5 rings (SSSR count). The quantitative estimate of drug-likeness (QED) is 0.402. The average molecular weight is 334 g/mol. The van der Waals surface area contributed by atoms with Crippen molar-refractivity contribution in [2.45, 2.75) is 6.42 Å². The standard InChI is InChI=1S/C25H18O/c26-24-16-20(18-9-5-2-6-10-18)14-22-15-21-13-19(11-12-23(21)25(22)24)17-7-3-1-4-8-17/h1-14,16,26H,15H2. The van der Waals surface area contributed by atoms with Crippen molar-refractivity contribution in [1.82, 2.24) is 0 Å². The number of rotatable bonds is 2. The van der Waals surface area contributed by atoms with Crippen LogP contribution in [0.15, 0.2) is 91.0 Å². The highest BCUT2D eigenvalue weighted by Gasteiger charge is 2.23. The minimum Gasteiger partial charge on any atom is -0.507 e. The molecule has 0 atom stereocenters. The number of hydrogen-bond acceptors (Lipinski definition) is 1. The zero-order chi connectivity index (χ0) is 17.5. The second-order valence-corrected chi connectivity index (χ2v) is 6.81. The Hall–Kier alpha value is -3.32. The molecule has 4 aromatic carbocycles. The van der Waals surface area contributed by atoms with Gasteiger partial charge in [0.2, 0.25) is 0 Å². The summed E-state index contributed by atoms with van der Waals surface area (Å²) in [6, 6.07) is 31.3. The van der Waals surface area contributed by atoms with Crippen molar-refractivity contribution in [2.75, 3.05) is 0 Å². The van der Waals surface area contributed by atoms with Gasteiger partial charge in [0, 0.05) is 5.56 Å². The molecule has 0 bridgehead atoms. The van der Waals surface area contributed by atoms with E-state index in [0.717, 1.165) is 28.7 Å². The van der Waals surface area contributed by atoms with Gasteiger partial charge in [-0.05, 0) is 57.5 Å². The molecule has 0 unspecified atom stereocenters. The van der Waals surface area contributed by atoms with Gasteiger partial charge in [0.05, 0.1) is 0 Å².